The van der Waals surface area contributed by atoms with Crippen molar-refractivity contribution in [1.29, 1.82) is 0 Å². The molecule has 0 aliphatic rings. The van der Waals surface area contributed by atoms with E-state index in [4.69, 9.17) is 5.73 Å². The summed E-state index contributed by atoms with van der Waals surface area (Å²) in [6.45, 7) is 1.97. The number of halogens is 1. The van der Waals surface area contributed by atoms with Gasteiger partial charge < -0.3 is 11.1 Å². The van der Waals surface area contributed by atoms with Gasteiger partial charge in [0.25, 0.3) is 0 Å². The molecule has 0 bridgehead atoms. The van der Waals surface area contributed by atoms with Crippen LogP contribution >= 0.6 is 27.3 Å². The highest BCUT2D eigenvalue weighted by molar-refractivity contribution is 9.11. The number of aryl methyl sites for hydroxylation is 1. The van der Waals surface area contributed by atoms with Crippen molar-refractivity contribution in [2.24, 2.45) is 0 Å². The van der Waals surface area contributed by atoms with E-state index in [9.17, 15) is 10.1 Å². The third-order valence-corrected chi connectivity index (χ3v) is 3.94. The monoisotopic (exact) mass is 343 g/mol. The summed E-state index contributed by atoms with van der Waals surface area (Å²) in [7, 11) is 0. The van der Waals surface area contributed by atoms with Gasteiger partial charge in [0.15, 0.2) is 0 Å². The van der Waals surface area contributed by atoms with Crippen molar-refractivity contribution in [2.45, 2.75) is 13.5 Å². The second kappa shape index (κ2) is 5.49. The number of hydrogen-bond acceptors (Lipinski definition) is 7. The Morgan fingerprint density at radius 1 is 1.53 bits per heavy atom. The molecule has 19 heavy (non-hydrogen) atoms. The van der Waals surface area contributed by atoms with Crippen molar-refractivity contribution < 1.29 is 4.92 Å². The first kappa shape index (κ1) is 13.7. The summed E-state index contributed by atoms with van der Waals surface area (Å²) in [5.41, 5.74) is 5.61. The molecule has 3 N–H and O–H groups in total. The Hall–Kier alpha value is -1.74. The van der Waals surface area contributed by atoms with Crippen LogP contribution in [0.15, 0.2) is 15.9 Å². The van der Waals surface area contributed by atoms with Gasteiger partial charge in [-0.25, -0.2) is 4.98 Å². The van der Waals surface area contributed by atoms with Crippen molar-refractivity contribution in [3.8, 4) is 0 Å². The number of rotatable bonds is 4. The molecule has 0 aromatic carbocycles. The zero-order valence-corrected chi connectivity index (χ0v) is 12.3. The highest BCUT2D eigenvalue weighted by Gasteiger charge is 2.21. The van der Waals surface area contributed by atoms with Gasteiger partial charge in [0.2, 0.25) is 11.8 Å². The lowest BCUT2D eigenvalue weighted by Gasteiger charge is -2.07. The molecule has 0 aliphatic carbocycles. The summed E-state index contributed by atoms with van der Waals surface area (Å²) in [6, 6.07) is 3.83. The number of hydrogen-bond donors (Lipinski definition) is 2. The Balaban J connectivity index is 2.26. The normalized spacial score (nSPS) is 10.4. The Morgan fingerprint density at radius 2 is 2.26 bits per heavy atom. The maximum absolute atomic E-state index is 11.0. The lowest BCUT2D eigenvalue weighted by molar-refractivity contribution is -0.385. The van der Waals surface area contributed by atoms with E-state index in [2.05, 4.69) is 31.2 Å². The smallest absolute Gasteiger partial charge is 0.332 e. The summed E-state index contributed by atoms with van der Waals surface area (Å²) >= 11 is 4.90. The van der Waals surface area contributed by atoms with Crippen LogP contribution in [0.1, 0.15) is 10.6 Å². The van der Waals surface area contributed by atoms with E-state index in [0.717, 1.165) is 8.66 Å². The van der Waals surface area contributed by atoms with Gasteiger partial charge in [0.05, 0.1) is 15.3 Å². The Morgan fingerprint density at radius 3 is 2.84 bits per heavy atom. The topological polar surface area (TPSA) is 107 Å². The Bertz CT molecular complexity index is 630. The minimum Gasteiger partial charge on any atom is -0.368 e. The van der Waals surface area contributed by atoms with Gasteiger partial charge in [-0.3, -0.25) is 10.1 Å². The van der Waals surface area contributed by atoms with Crippen molar-refractivity contribution in [3.63, 3.8) is 0 Å². The molecule has 0 fully saturated rings. The molecule has 0 aliphatic heterocycles. The largest absolute Gasteiger partial charge is 0.368 e. The molecule has 7 nitrogen and oxygen atoms in total. The van der Waals surface area contributed by atoms with Gasteiger partial charge in [-0.2, -0.15) is 4.98 Å². The van der Waals surface area contributed by atoms with E-state index in [1.54, 1.807) is 0 Å². The fourth-order valence-electron chi connectivity index (χ4n) is 1.55. The van der Waals surface area contributed by atoms with Gasteiger partial charge in [-0.1, -0.05) is 0 Å². The molecule has 0 radical (unpaired) electrons. The summed E-state index contributed by atoms with van der Waals surface area (Å²) in [5, 5.41) is 13.9. The van der Waals surface area contributed by atoms with Gasteiger partial charge in [0, 0.05) is 4.88 Å². The van der Waals surface area contributed by atoms with Crippen LogP contribution in [-0.4, -0.2) is 14.9 Å². The number of anilines is 2. The van der Waals surface area contributed by atoms with Gasteiger partial charge in [-0.15, -0.1) is 11.3 Å². The van der Waals surface area contributed by atoms with Gasteiger partial charge >= 0.3 is 5.69 Å². The molecule has 2 heterocycles. The summed E-state index contributed by atoms with van der Waals surface area (Å²) in [6.07, 6.45) is 0. The van der Waals surface area contributed by atoms with Crippen molar-refractivity contribution >= 4 is 44.7 Å². The lowest BCUT2D eigenvalue weighted by Crippen LogP contribution is -2.09. The molecule has 2 rings (SSSR count). The van der Waals surface area contributed by atoms with Crippen LogP contribution in [-0.2, 0) is 6.54 Å². The van der Waals surface area contributed by atoms with Crippen LogP contribution in [0.25, 0.3) is 0 Å². The molecule has 2 aromatic rings. The number of nitrogens with one attached hydrogen (secondary N) is 1. The maximum atomic E-state index is 11.0. The Labute approximate surface area is 121 Å². The number of nitrogens with two attached hydrogens (primary N) is 1. The molecule has 9 heteroatoms. The second-order valence-electron chi connectivity index (χ2n) is 3.68. The van der Waals surface area contributed by atoms with Crippen LogP contribution in [0.2, 0.25) is 0 Å². The number of nitro groups is 1. The summed E-state index contributed by atoms with van der Waals surface area (Å²) in [4.78, 5) is 19.2. The zero-order valence-electron chi connectivity index (χ0n) is 9.88. The molecule has 100 valence electrons. The predicted octanol–water partition coefficient (Wildman–Crippen LogP) is 2.71. The second-order valence-corrected chi connectivity index (χ2v) is 6.23. The van der Waals surface area contributed by atoms with E-state index >= 15 is 0 Å². The Kier molecular flexibility index (Phi) is 3.96. The molecular formula is C10H10BrN5O2S. The number of nitrogens with zero attached hydrogens (tertiary/aromatic N) is 3. The minimum atomic E-state index is -0.512. The maximum Gasteiger partial charge on any atom is 0.332 e. The molecule has 2 aromatic heterocycles. The first-order valence-corrected chi connectivity index (χ1v) is 6.85. The molecule has 0 spiro atoms. The standard InChI is InChI=1S/C10H10BrN5O2S/c1-5-8(16(17)18)9(15-10(12)14-5)13-4-6-2-3-7(11)19-6/h2-3H,4H2,1H3,(H3,12,13,14,15). The molecule has 0 amide bonds. The highest BCUT2D eigenvalue weighted by atomic mass is 79.9. The van der Waals surface area contributed by atoms with E-state index in [1.807, 2.05) is 12.1 Å². The van der Waals surface area contributed by atoms with Crippen LogP contribution in [0.3, 0.4) is 0 Å². The van der Waals surface area contributed by atoms with E-state index in [-0.39, 0.29) is 23.1 Å². The third kappa shape index (κ3) is 3.18. The zero-order chi connectivity index (χ0) is 14.0. The third-order valence-electron chi connectivity index (χ3n) is 2.32. The molecule has 0 saturated heterocycles. The molecule has 0 saturated carbocycles. The average molecular weight is 344 g/mol. The number of aromatic nitrogens is 2. The molecular weight excluding hydrogens is 334 g/mol. The summed E-state index contributed by atoms with van der Waals surface area (Å²) < 4.78 is 0.997. The van der Waals surface area contributed by atoms with E-state index < -0.39 is 4.92 Å². The van der Waals surface area contributed by atoms with Gasteiger partial charge in [0.1, 0.15) is 5.69 Å². The number of thiophene rings is 1. The highest BCUT2D eigenvalue weighted by Crippen LogP contribution is 2.27. The van der Waals surface area contributed by atoms with Crippen molar-refractivity contribution in [2.75, 3.05) is 11.1 Å². The quantitative estimate of drug-likeness (QED) is 0.652. The summed E-state index contributed by atoms with van der Waals surface area (Å²) in [5.74, 6) is 0.150. The van der Waals surface area contributed by atoms with E-state index in [1.165, 1.54) is 18.3 Å². The average Bonchev–Trinajstić information content (AvgIpc) is 2.71. The fraction of sp³-hybridized carbons (Fsp3) is 0.200. The first-order valence-electron chi connectivity index (χ1n) is 5.24. The van der Waals surface area contributed by atoms with Crippen molar-refractivity contribution in [1.82, 2.24) is 9.97 Å². The van der Waals surface area contributed by atoms with Crippen LogP contribution in [0.4, 0.5) is 17.5 Å². The van der Waals surface area contributed by atoms with Crippen LogP contribution < -0.4 is 11.1 Å². The van der Waals surface area contributed by atoms with Gasteiger partial charge in [-0.05, 0) is 35.0 Å². The van der Waals surface area contributed by atoms with Crippen molar-refractivity contribution in [3.05, 3.63) is 36.6 Å². The lowest BCUT2D eigenvalue weighted by atomic mass is 10.3. The minimum absolute atomic E-state index is 0.0120. The predicted molar refractivity (Wildman–Crippen MR) is 77.2 cm³/mol. The van der Waals surface area contributed by atoms with Crippen LogP contribution in [0.5, 0.6) is 0 Å². The van der Waals surface area contributed by atoms with E-state index in [0.29, 0.717) is 6.54 Å². The SMILES string of the molecule is Cc1nc(N)nc(NCc2ccc(Br)s2)c1[N+](=O)[O-]. The molecule has 0 atom stereocenters. The molecule has 0 unspecified atom stereocenters. The first-order chi connectivity index (χ1) is 8.97. The fourth-order valence-corrected chi connectivity index (χ4v) is 2.97. The van der Waals surface area contributed by atoms with Crippen LogP contribution in [0, 0.1) is 17.0 Å². The number of nitrogen functional groups attached to an aromatic ring is 1.